The fourth-order valence-electron chi connectivity index (χ4n) is 3.28. The van der Waals surface area contributed by atoms with Gasteiger partial charge in [-0.25, -0.2) is 20.4 Å². The molecule has 1 fully saturated rings. The minimum absolute atomic E-state index is 0.0189. The van der Waals surface area contributed by atoms with Gasteiger partial charge in [0.2, 0.25) is 5.91 Å². The molecule has 1 aliphatic carbocycles. The molecule has 0 radical (unpaired) electrons. The highest BCUT2D eigenvalue weighted by molar-refractivity contribution is 6.01. The van der Waals surface area contributed by atoms with Crippen molar-refractivity contribution in [3.8, 4) is 17.1 Å². The minimum atomic E-state index is -0.478. The number of amides is 2. The van der Waals surface area contributed by atoms with Gasteiger partial charge in [-0.1, -0.05) is 6.07 Å². The van der Waals surface area contributed by atoms with Crippen LogP contribution < -0.4 is 20.9 Å². The van der Waals surface area contributed by atoms with Crippen LogP contribution >= 0.6 is 0 Å². The molecule has 0 aliphatic heterocycles. The maximum absolute atomic E-state index is 12.7. The molecule has 2 amide bonds. The molecule has 0 unspecified atom stereocenters. The van der Waals surface area contributed by atoms with Crippen molar-refractivity contribution >= 4 is 29.0 Å². The zero-order valence-corrected chi connectivity index (χ0v) is 19.2. The van der Waals surface area contributed by atoms with Gasteiger partial charge >= 0.3 is 0 Å². The Labute approximate surface area is 197 Å². The highest BCUT2D eigenvalue weighted by atomic mass is 16.6. The van der Waals surface area contributed by atoms with Gasteiger partial charge < -0.3 is 15.4 Å². The van der Waals surface area contributed by atoms with Gasteiger partial charge in [0.1, 0.15) is 5.82 Å². The third-order valence-electron chi connectivity index (χ3n) is 5.17. The van der Waals surface area contributed by atoms with Gasteiger partial charge in [-0.2, -0.15) is 0 Å². The number of pyridine rings is 1. The summed E-state index contributed by atoms with van der Waals surface area (Å²) in [6, 6.07) is 7.10. The molecule has 0 spiro atoms. The van der Waals surface area contributed by atoms with Gasteiger partial charge in [0.25, 0.3) is 5.91 Å². The van der Waals surface area contributed by atoms with Gasteiger partial charge in [0.05, 0.1) is 36.2 Å². The van der Waals surface area contributed by atoms with E-state index in [2.05, 4.69) is 31.1 Å². The van der Waals surface area contributed by atoms with E-state index in [1.165, 1.54) is 6.20 Å². The van der Waals surface area contributed by atoms with E-state index in [0.29, 0.717) is 40.9 Å². The van der Waals surface area contributed by atoms with Crippen molar-refractivity contribution in [3.05, 3.63) is 54.0 Å². The summed E-state index contributed by atoms with van der Waals surface area (Å²) in [5, 5.41) is 6.05. The summed E-state index contributed by atoms with van der Waals surface area (Å²) in [6.45, 7) is 3.98. The van der Waals surface area contributed by atoms with Crippen LogP contribution in [0.3, 0.4) is 0 Å². The quantitative estimate of drug-likeness (QED) is 0.412. The number of benzene rings is 1. The van der Waals surface area contributed by atoms with Crippen LogP contribution in [0.25, 0.3) is 11.4 Å². The minimum Gasteiger partial charge on any atom is -0.494 e. The molecule has 0 saturated heterocycles. The second-order valence-electron chi connectivity index (χ2n) is 7.84. The molecule has 1 aromatic carbocycles. The first kappa shape index (κ1) is 23.1. The molecule has 10 heteroatoms. The normalized spacial score (nSPS) is 12.7. The molecule has 10 nitrogen and oxygen atoms in total. The molecule has 176 valence electrons. The van der Waals surface area contributed by atoms with Crippen molar-refractivity contribution < 1.29 is 19.2 Å². The van der Waals surface area contributed by atoms with Gasteiger partial charge in [-0.05, 0) is 44.4 Å². The van der Waals surface area contributed by atoms with Crippen LogP contribution in [0.5, 0.6) is 5.75 Å². The molecule has 1 saturated carbocycles. The lowest BCUT2D eigenvalue weighted by atomic mass is 10.1. The third kappa shape index (κ3) is 5.29. The fraction of sp³-hybridized carbons (Fsp3) is 0.292. The van der Waals surface area contributed by atoms with E-state index in [4.69, 9.17) is 9.57 Å². The van der Waals surface area contributed by atoms with E-state index < -0.39 is 5.91 Å². The van der Waals surface area contributed by atoms with E-state index in [-0.39, 0.29) is 17.4 Å². The Balaban J connectivity index is 1.70. The molecule has 3 aromatic rings. The van der Waals surface area contributed by atoms with Gasteiger partial charge in [-0.3, -0.25) is 14.4 Å². The first-order chi connectivity index (χ1) is 16.5. The Morgan fingerprint density at radius 3 is 2.53 bits per heavy atom. The van der Waals surface area contributed by atoms with Crippen molar-refractivity contribution in [2.75, 3.05) is 24.4 Å². The molecule has 34 heavy (non-hydrogen) atoms. The lowest BCUT2D eigenvalue weighted by Crippen LogP contribution is -2.25. The van der Waals surface area contributed by atoms with E-state index >= 15 is 0 Å². The predicted molar refractivity (Wildman–Crippen MR) is 127 cm³/mol. The number of para-hydroxylation sites is 1. The number of hydrogen-bond acceptors (Lipinski definition) is 8. The number of carbonyl (C=O) groups is 2. The number of rotatable bonds is 9. The molecule has 4 rings (SSSR count). The summed E-state index contributed by atoms with van der Waals surface area (Å²) < 4.78 is 5.68. The molecule has 3 N–H and O–H groups in total. The smallest absolute Gasteiger partial charge is 0.278 e. The molecule has 2 heterocycles. The highest BCUT2D eigenvalue weighted by Gasteiger charge is 2.30. The zero-order valence-electron chi connectivity index (χ0n) is 19.2. The van der Waals surface area contributed by atoms with Crippen molar-refractivity contribution in [3.63, 3.8) is 0 Å². The van der Waals surface area contributed by atoms with Crippen molar-refractivity contribution in [2.45, 2.75) is 26.7 Å². The molecule has 0 atom stereocenters. The Morgan fingerprint density at radius 2 is 1.85 bits per heavy atom. The third-order valence-corrected chi connectivity index (χ3v) is 5.17. The molecule has 2 aromatic heterocycles. The molecule has 1 aliphatic rings. The van der Waals surface area contributed by atoms with Crippen LogP contribution in [0.4, 0.5) is 17.2 Å². The number of hydroxylamine groups is 1. The summed E-state index contributed by atoms with van der Waals surface area (Å²) in [5.41, 5.74) is 5.24. The number of nitrogens with one attached hydrogen (secondary N) is 3. The average molecular weight is 463 g/mol. The van der Waals surface area contributed by atoms with E-state index in [1.54, 1.807) is 32.5 Å². The summed E-state index contributed by atoms with van der Waals surface area (Å²) >= 11 is 0. The van der Waals surface area contributed by atoms with E-state index in [9.17, 15) is 9.59 Å². The monoisotopic (exact) mass is 462 g/mol. The number of nitrogens with zero attached hydrogens (tertiary/aromatic N) is 3. The molecular weight excluding hydrogens is 436 g/mol. The van der Waals surface area contributed by atoms with Crippen LogP contribution in [0.2, 0.25) is 0 Å². The number of hydrogen-bond donors (Lipinski definition) is 3. The first-order valence-electron chi connectivity index (χ1n) is 11.0. The summed E-state index contributed by atoms with van der Waals surface area (Å²) in [4.78, 5) is 43.0. The standard InChI is InChI=1S/C24H26N6O4/c1-4-34-30-24(32)17-13-25-20(29-23(31)15-8-9-15)10-19(17)28-18-7-5-6-16(21(18)33-3)22-26-11-14(2)12-27-22/h5-7,10-13,15H,4,8-9H2,1-3H3,(H,30,32)(H2,25,28,29,31). The van der Waals surface area contributed by atoms with Gasteiger partial charge in [0, 0.05) is 30.6 Å². The van der Waals surface area contributed by atoms with Crippen molar-refractivity contribution in [2.24, 2.45) is 5.92 Å². The van der Waals surface area contributed by atoms with Crippen LogP contribution in [-0.4, -0.2) is 40.5 Å². The lowest BCUT2D eigenvalue weighted by molar-refractivity contribution is -0.117. The zero-order chi connectivity index (χ0) is 24.1. The number of ether oxygens (including phenoxy) is 1. The molecular formula is C24H26N6O4. The number of aromatic nitrogens is 3. The highest BCUT2D eigenvalue weighted by Crippen LogP contribution is 2.37. The SMILES string of the molecule is CCONC(=O)c1cnc(NC(=O)C2CC2)cc1Nc1cccc(-c2ncc(C)cn2)c1OC. The van der Waals surface area contributed by atoms with Gasteiger partial charge in [-0.15, -0.1) is 0 Å². The Morgan fingerprint density at radius 1 is 1.09 bits per heavy atom. The van der Waals surface area contributed by atoms with Crippen LogP contribution in [-0.2, 0) is 9.63 Å². The van der Waals surface area contributed by atoms with Crippen LogP contribution in [0.15, 0.2) is 42.9 Å². The topological polar surface area (TPSA) is 127 Å². The maximum atomic E-state index is 12.7. The largest absolute Gasteiger partial charge is 0.494 e. The Kier molecular flexibility index (Phi) is 6.98. The second kappa shape index (κ2) is 10.3. The summed E-state index contributed by atoms with van der Waals surface area (Å²) in [7, 11) is 1.55. The van der Waals surface area contributed by atoms with Crippen molar-refractivity contribution in [1.29, 1.82) is 0 Å². The average Bonchev–Trinajstić information content (AvgIpc) is 3.69. The van der Waals surface area contributed by atoms with Crippen LogP contribution in [0.1, 0.15) is 35.7 Å². The number of aryl methyl sites for hydroxylation is 1. The summed E-state index contributed by atoms with van der Waals surface area (Å²) in [6.07, 6.45) is 6.60. The second-order valence-corrected chi connectivity index (χ2v) is 7.84. The first-order valence-corrected chi connectivity index (χ1v) is 11.0. The number of anilines is 3. The van der Waals surface area contributed by atoms with Crippen molar-refractivity contribution in [1.82, 2.24) is 20.4 Å². The molecule has 0 bridgehead atoms. The van der Waals surface area contributed by atoms with Crippen LogP contribution in [0, 0.1) is 12.8 Å². The number of methoxy groups -OCH3 is 1. The predicted octanol–water partition coefficient (Wildman–Crippen LogP) is 3.63. The van der Waals surface area contributed by atoms with Gasteiger partial charge in [0.15, 0.2) is 11.6 Å². The van der Waals surface area contributed by atoms with E-state index in [0.717, 1.165) is 18.4 Å². The fourth-order valence-corrected chi connectivity index (χ4v) is 3.28. The summed E-state index contributed by atoms with van der Waals surface area (Å²) in [5.74, 6) is 0.806. The Bertz CT molecular complexity index is 1190. The lowest BCUT2D eigenvalue weighted by Gasteiger charge is -2.17. The number of carbonyl (C=O) groups excluding carboxylic acids is 2. The van der Waals surface area contributed by atoms with E-state index in [1.807, 2.05) is 25.1 Å². The maximum Gasteiger partial charge on any atom is 0.278 e. The Hall–Kier alpha value is -4.05.